The fourth-order valence-corrected chi connectivity index (χ4v) is 2.56. The van der Waals surface area contributed by atoms with Gasteiger partial charge in [-0.1, -0.05) is 29.8 Å². The summed E-state index contributed by atoms with van der Waals surface area (Å²) in [5.41, 5.74) is 1.13. The van der Waals surface area contributed by atoms with Crippen molar-refractivity contribution in [3.05, 3.63) is 47.0 Å². The zero-order valence-electron chi connectivity index (χ0n) is 12.4. The first-order chi connectivity index (χ1) is 10.2. The number of ether oxygens (including phenoxy) is 1. The Balaban J connectivity index is 2.10. The monoisotopic (exact) mass is 308 g/mol. The van der Waals surface area contributed by atoms with Crippen molar-refractivity contribution in [2.24, 2.45) is 7.05 Å². The Morgan fingerprint density at radius 1 is 1.38 bits per heavy atom. The van der Waals surface area contributed by atoms with E-state index >= 15 is 0 Å². The van der Waals surface area contributed by atoms with E-state index in [1.165, 1.54) is 0 Å². The van der Waals surface area contributed by atoms with Crippen LogP contribution in [0.4, 0.5) is 0 Å². The van der Waals surface area contributed by atoms with E-state index in [2.05, 4.69) is 21.5 Å². The average molecular weight is 309 g/mol. The minimum atomic E-state index is 0.249. The van der Waals surface area contributed by atoms with Crippen molar-refractivity contribution >= 4 is 11.6 Å². The van der Waals surface area contributed by atoms with Crippen molar-refractivity contribution in [1.82, 2.24) is 20.1 Å². The van der Waals surface area contributed by atoms with Crippen molar-refractivity contribution < 1.29 is 4.74 Å². The Hall–Kier alpha value is -1.43. The zero-order chi connectivity index (χ0) is 15.1. The summed E-state index contributed by atoms with van der Waals surface area (Å²) in [5, 5.41) is 8.32. The van der Waals surface area contributed by atoms with E-state index in [0.29, 0.717) is 6.61 Å². The highest BCUT2D eigenvalue weighted by Gasteiger charge is 2.17. The summed E-state index contributed by atoms with van der Waals surface area (Å²) >= 11 is 6.34. The van der Waals surface area contributed by atoms with Gasteiger partial charge in [0.25, 0.3) is 0 Å². The molecule has 0 aliphatic heterocycles. The maximum atomic E-state index is 6.34. The second-order valence-electron chi connectivity index (χ2n) is 4.92. The van der Waals surface area contributed by atoms with Crippen molar-refractivity contribution in [3.63, 3.8) is 0 Å². The molecule has 0 spiro atoms. The number of aryl methyl sites for hydroxylation is 1. The second kappa shape index (κ2) is 8.12. The quantitative estimate of drug-likeness (QED) is 0.758. The van der Waals surface area contributed by atoms with Crippen LogP contribution in [0.2, 0.25) is 5.02 Å². The second-order valence-corrected chi connectivity index (χ2v) is 5.33. The molecule has 2 aromatic rings. The molecule has 0 aliphatic carbocycles. The minimum absolute atomic E-state index is 0.249. The number of rotatable bonds is 8. The number of methoxy groups -OCH3 is 1. The van der Waals surface area contributed by atoms with Gasteiger partial charge in [-0.05, 0) is 11.6 Å². The predicted octanol–water partition coefficient (Wildman–Crippen LogP) is 2.03. The Morgan fingerprint density at radius 2 is 2.19 bits per heavy atom. The normalized spacial score (nSPS) is 12.5. The molecule has 1 aromatic heterocycles. The fraction of sp³-hybridized carbons (Fsp3) is 0.467. The van der Waals surface area contributed by atoms with Gasteiger partial charge < -0.3 is 10.1 Å². The summed E-state index contributed by atoms with van der Waals surface area (Å²) in [7, 11) is 3.61. The van der Waals surface area contributed by atoms with Crippen molar-refractivity contribution in [3.8, 4) is 0 Å². The van der Waals surface area contributed by atoms with Gasteiger partial charge in [0.2, 0.25) is 0 Å². The first kappa shape index (κ1) is 15.9. The molecule has 5 nitrogen and oxygen atoms in total. The lowest BCUT2D eigenvalue weighted by atomic mass is 9.95. The molecule has 0 saturated carbocycles. The van der Waals surface area contributed by atoms with Gasteiger partial charge in [0.15, 0.2) is 0 Å². The predicted molar refractivity (Wildman–Crippen MR) is 83.6 cm³/mol. The van der Waals surface area contributed by atoms with Gasteiger partial charge in [0, 0.05) is 44.6 Å². The Labute approximate surface area is 130 Å². The van der Waals surface area contributed by atoms with Crippen LogP contribution in [0.1, 0.15) is 17.3 Å². The molecule has 1 N–H and O–H groups in total. The number of nitrogens with zero attached hydrogens (tertiary/aromatic N) is 3. The van der Waals surface area contributed by atoms with Crippen LogP contribution < -0.4 is 5.32 Å². The first-order valence-corrected chi connectivity index (χ1v) is 7.37. The highest BCUT2D eigenvalue weighted by Crippen LogP contribution is 2.26. The molecule has 114 valence electrons. The number of hydrogen-bond donors (Lipinski definition) is 1. The molecular formula is C15H21ClN4O. The van der Waals surface area contributed by atoms with Gasteiger partial charge in [-0.25, -0.2) is 4.98 Å². The van der Waals surface area contributed by atoms with Crippen LogP contribution in [0.5, 0.6) is 0 Å². The Morgan fingerprint density at radius 3 is 2.86 bits per heavy atom. The molecule has 21 heavy (non-hydrogen) atoms. The van der Waals surface area contributed by atoms with Crippen LogP contribution in [0.3, 0.4) is 0 Å². The molecule has 0 amide bonds. The zero-order valence-corrected chi connectivity index (χ0v) is 13.2. The summed E-state index contributed by atoms with van der Waals surface area (Å²) in [6, 6.07) is 7.96. The van der Waals surface area contributed by atoms with Gasteiger partial charge >= 0.3 is 0 Å². The van der Waals surface area contributed by atoms with E-state index in [1.54, 1.807) is 18.1 Å². The molecule has 0 bridgehead atoms. The van der Waals surface area contributed by atoms with E-state index in [4.69, 9.17) is 16.3 Å². The number of benzene rings is 1. The summed E-state index contributed by atoms with van der Waals surface area (Å²) in [6.07, 6.45) is 2.37. The number of nitrogens with one attached hydrogen (secondary N) is 1. The maximum Gasteiger partial charge on any atom is 0.138 e. The molecule has 1 unspecified atom stereocenters. The third kappa shape index (κ3) is 4.52. The Kier molecular flexibility index (Phi) is 6.17. The highest BCUT2D eigenvalue weighted by atomic mass is 35.5. The molecule has 2 rings (SSSR count). The molecule has 0 radical (unpaired) electrons. The smallest absolute Gasteiger partial charge is 0.138 e. The molecule has 0 aliphatic rings. The first-order valence-electron chi connectivity index (χ1n) is 6.99. The average Bonchev–Trinajstić information content (AvgIpc) is 2.88. The lowest BCUT2D eigenvalue weighted by Crippen LogP contribution is -2.27. The Bertz CT molecular complexity index is 558. The van der Waals surface area contributed by atoms with Gasteiger partial charge in [-0.15, -0.1) is 0 Å². The topological polar surface area (TPSA) is 52.0 Å². The van der Waals surface area contributed by atoms with Gasteiger partial charge in [-0.2, -0.15) is 5.10 Å². The van der Waals surface area contributed by atoms with Crippen LogP contribution in [0, 0.1) is 0 Å². The van der Waals surface area contributed by atoms with Crippen LogP contribution in [-0.2, 0) is 18.2 Å². The minimum Gasteiger partial charge on any atom is -0.383 e. The SMILES string of the molecule is COCCNCC(Cc1ncnn1C)c1ccccc1Cl. The van der Waals surface area contributed by atoms with Crippen molar-refractivity contribution in [2.75, 3.05) is 26.8 Å². The number of aromatic nitrogens is 3. The van der Waals surface area contributed by atoms with E-state index in [9.17, 15) is 0 Å². The molecule has 1 heterocycles. The van der Waals surface area contributed by atoms with Gasteiger partial charge in [-0.3, -0.25) is 4.68 Å². The third-order valence-corrected chi connectivity index (χ3v) is 3.80. The van der Waals surface area contributed by atoms with E-state index < -0.39 is 0 Å². The largest absolute Gasteiger partial charge is 0.383 e. The van der Waals surface area contributed by atoms with Crippen LogP contribution in [-0.4, -0.2) is 41.6 Å². The summed E-state index contributed by atoms with van der Waals surface area (Å²) in [4.78, 5) is 4.31. The van der Waals surface area contributed by atoms with Crippen molar-refractivity contribution in [2.45, 2.75) is 12.3 Å². The van der Waals surface area contributed by atoms with Crippen LogP contribution in [0.15, 0.2) is 30.6 Å². The fourth-order valence-electron chi connectivity index (χ4n) is 2.27. The van der Waals surface area contributed by atoms with Crippen LogP contribution in [0.25, 0.3) is 0 Å². The maximum absolute atomic E-state index is 6.34. The van der Waals surface area contributed by atoms with Gasteiger partial charge in [0.05, 0.1) is 6.61 Å². The molecule has 6 heteroatoms. The highest BCUT2D eigenvalue weighted by molar-refractivity contribution is 6.31. The molecular weight excluding hydrogens is 288 g/mol. The lowest BCUT2D eigenvalue weighted by molar-refractivity contribution is 0.199. The molecule has 1 atom stereocenters. The third-order valence-electron chi connectivity index (χ3n) is 3.45. The number of halogens is 1. The number of hydrogen-bond acceptors (Lipinski definition) is 4. The van der Waals surface area contributed by atoms with Gasteiger partial charge in [0.1, 0.15) is 12.2 Å². The summed E-state index contributed by atoms with van der Waals surface area (Å²) in [5.74, 6) is 1.20. The van der Waals surface area contributed by atoms with E-state index in [1.807, 2.05) is 25.2 Å². The molecule has 1 aromatic carbocycles. The lowest BCUT2D eigenvalue weighted by Gasteiger charge is -2.19. The summed E-state index contributed by atoms with van der Waals surface area (Å²) < 4.78 is 6.87. The van der Waals surface area contributed by atoms with Crippen molar-refractivity contribution in [1.29, 1.82) is 0 Å². The van der Waals surface area contributed by atoms with Crippen LogP contribution >= 0.6 is 11.6 Å². The molecule has 0 saturated heterocycles. The van der Waals surface area contributed by atoms with E-state index in [0.717, 1.165) is 35.9 Å². The molecule has 0 fully saturated rings. The van der Waals surface area contributed by atoms with E-state index in [-0.39, 0.29) is 5.92 Å². The summed E-state index contributed by atoms with van der Waals surface area (Å²) in [6.45, 7) is 2.33. The standard InChI is InChI=1S/C15H21ClN4O/c1-20-15(18-11-19-20)9-12(10-17-7-8-21-2)13-5-3-4-6-14(13)16/h3-6,11-12,17H,7-10H2,1-2H3.